The van der Waals surface area contributed by atoms with E-state index in [1.807, 2.05) is 25.1 Å². The molecular formula is C18H27N3O5S2. The number of nitrogens with zero attached hydrogens (tertiary/aromatic N) is 1. The van der Waals surface area contributed by atoms with Gasteiger partial charge in [-0.2, -0.15) is 0 Å². The van der Waals surface area contributed by atoms with Gasteiger partial charge in [0.2, 0.25) is 5.91 Å². The molecule has 0 aromatic heterocycles. The first-order valence-electron chi connectivity index (χ1n) is 9.48. The maximum atomic E-state index is 12.6. The molecule has 0 bridgehead atoms. The standard InChI is InChI=1S/C18H27N3O5S2/c1-2-14-4-3-5-15(10-14)19-18(22)11-21(17-7-9-28(25,26)13-17)20-16-6-8-27(23,24)12-16/h3-5,10,16-17,20H,2,6-9,11-13H2,1H3,(H,19,22). The van der Waals surface area contributed by atoms with Gasteiger partial charge in [-0.15, -0.1) is 0 Å². The fourth-order valence-corrected chi connectivity index (χ4v) is 7.05. The van der Waals surface area contributed by atoms with Crippen LogP contribution < -0.4 is 10.7 Å². The molecule has 0 saturated carbocycles. The van der Waals surface area contributed by atoms with E-state index < -0.39 is 19.7 Å². The monoisotopic (exact) mass is 429 g/mol. The van der Waals surface area contributed by atoms with Crippen molar-refractivity contribution in [1.29, 1.82) is 0 Å². The summed E-state index contributed by atoms with van der Waals surface area (Å²) in [4.78, 5) is 12.6. The van der Waals surface area contributed by atoms with Crippen molar-refractivity contribution >= 4 is 31.3 Å². The van der Waals surface area contributed by atoms with Gasteiger partial charge in [0.1, 0.15) is 0 Å². The Balaban J connectivity index is 1.68. The van der Waals surface area contributed by atoms with Crippen LogP contribution in [0.25, 0.3) is 0 Å². The van der Waals surface area contributed by atoms with Gasteiger partial charge in [0.05, 0.1) is 29.6 Å². The normalized spacial score (nSPS) is 25.8. The Labute approximate surface area is 166 Å². The molecule has 3 rings (SSSR count). The van der Waals surface area contributed by atoms with Gasteiger partial charge in [0.25, 0.3) is 0 Å². The van der Waals surface area contributed by atoms with Crippen LogP contribution in [0.3, 0.4) is 0 Å². The molecule has 1 amide bonds. The summed E-state index contributed by atoms with van der Waals surface area (Å²) in [6, 6.07) is 6.91. The summed E-state index contributed by atoms with van der Waals surface area (Å²) < 4.78 is 47.2. The molecule has 28 heavy (non-hydrogen) atoms. The lowest BCUT2D eigenvalue weighted by atomic mass is 10.1. The number of carbonyl (C=O) groups excluding carboxylic acids is 1. The number of amides is 1. The van der Waals surface area contributed by atoms with Crippen molar-refractivity contribution in [3.8, 4) is 0 Å². The molecule has 0 radical (unpaired) electrons. The van der Waals surface area contributed by atoms with Crippen LogP contribution in [0.15, 0.2) is 24.3 Å². The summed E-state index contributed by atoms with van der Waals surface area (Å²) in [5.74, 6) is -0.108. The molecule has 2 aliphatic heterocycles. The van der Waals surface area contributed by atoms with Crippen LogP contribution in [0.4, 0.5) is 5.69 Å². The van der Waals surface area contributed by atoms with E-state index in [0.717, 1.165) is 12.0 Å². The maximum Gasteiger partial charge on any atom is 0.240 e. The lowest BCUT2D eigenvalue weighted by Gasteiger charge is -2.30. The number of carbonyl (C=O) groups is 1. The number of nitrogens with one attached hydrogen (secondary N) is 2. The van der Waals surface area contributed by atoms with Gasteiger partial charge in [-0.05, 0) is 37.0 Å². The lowest BCUT2D eigenvalue weighted by Crippen LogP contribution is -2.54. The van der Waals surface area contributed by atoms with Crippen molar-refractivity contribution in [2.45, 2.75) is 38.3 Å². The molecule has 2 fully saturated rings. The highest BCUT2D eigenvalue weighted by Crippen LogP contribution is 2.19. The molecule has 2 atom stereocenters. The first kappa shape index (κ1) is 21.2. The Morgan fingerprint density at radius 1 is 1.11 bits per heavy atom. The Bertz CT molecular complexity index is 930. The number of sulfone groups is 2. The van der Waals surface area contributed by atoms with Crippen LogP contribution in [0, 0.1) is 0 Å². The second-order valence-electron chi connectivity index (χ2n) is 7.52. The van der Waals surface area contributed by atoms with Gasteiger partial charge >= 0.3 is 0 Å². The number of benzene rings is 1. The molecule has 10 heteroatoms. The van der Waals surface area contributed by atoms with E-state index in [9.17, 15) is 21.6 Å². The molecular weight excluding hydrogens is 402 g/mol. The third-order valence-corrected chi connectivity index (χ3v) is 8.68. The molecule has 1 aromatic carbocycles. The fraction of sp³-hybridized carbons (Fsp3) is 0.611. The summed E-state index contributed by atoms with van der Waals surface area (Å²) in [6.07, 6.45) is 1.74. The van der Waals surface area contributed by atoms with Gasteiger partial charge in [0, 0.05) is 17.8 Å². The third-order valence-electron chi connectivity index (χ3n) is 5.16. The summed E-state index contributed by atoms with van der Waals surface area (Å²) in [5, 5.41) is 4.46. The number of hydrazine groups is 1. The molecule has 2 saturated heterocycles. The first-order chi connectivity index (χ1) is 13.2. The van der Waals surface area contributed by atoms with Gasteiger partial charge < -0.3 is 5.32 Å². The van der Waals surface area contributed by atoms with E-state index in [4.69, 9.17) is 0 Å². The zero-order chi connectivity index (χ0) is 20.4. The van der Waals surface area contributed by atoms with Crippen molar-refractivity contribution in [3.63, 3.8) is 0 Å². The minimum atomic E-state index is -3.13. The second-order valence-corrected chi connectivity index (χ2v) is 12.0. The lowest BCUT2D eigenvalue weighted by molar-refractivity contribution is -0.118. The van der Waals surface area contributed by atoms with E-state index in [0.29, 0.717) is 18.5 Å². The van der Waals surface area contributed by atoms with Crippen LogP contribution in [0.5, 0.6) is 0 Å². The highest BCUT2D eigenvalue weighted by atomic mass is 32.2. The number of anilines is 1. The Kier molecular flexibility index (Phi) is 6.43. The van der Waals surface area contributed by atoms with Crippen molar-refractivity contribution in [2.24, 2.45) is 0 Å². The van der Waals surface area contributed by atoms with Gasteiger partial charge in [-0.25, -0.2) is 21.8 Å². The average Bonchev–Trinajstić information content (AvgIpc) is 3.15. The largest absolute Gasteiger partial charge is 0.325 e. The predicted molar refractivity (Wildman–Crippen MR) is 108 cm³/mol. The second kappa shape index (κ2) is 8.48. The molecule has 2 aliphatic rings. The topological polar surface area (TPSA) is 113 Å². The van der Waals surface area contributed by atoms with Crippen molar-refractivity contribution in [3.05, 3.63) is 29.8 Å². The van der Waals surface area contributed by atoms with E-state index in [1.54, 1.807) is 11.1 Å². The zero-order valence-corrected chi connectivity index (χ0v) is 17.6. The molecule has 0 spiro atoms. The van der Waals surface area contributed by atoms with Gasteiger partial charge in [-0.3, -0.25) is 10.2 Å². The van der Waals surface area contributed by atoms with Gasteiger partial charge in [0.15, 0.2) is 19.7 Å². The third kappa shape index (κ3) is 5.76. The Morgan fingerprint density at radius 2 is 1.82 bits per heavy atom. The summed E-state index contributed by atoms with van der Waals surface area (Å²) in [6.45, 7) is 1.98. The maximum absolute atomic E-state index is 12.6. The molecule has 2 unspecified atom stereocenters. The highest BCUT2D eigenvalue weighted by Gasteiger charge is 2.36. The average molecular weight is 430 g/mol. The van der Waals surface area contributed by atoms with E-state index in [1.165, 1.54) is 0 Å². The van der Waals surface area contributed by atoms with Gasteiger partial charge in [-0.1, -0.05) is 19.1 Å². The van der Waals surface area contributed by atoms with Crippen LogP contribution in [0.1, 0.15) is 25.3 Å². The van der Waals surface area contributed by atoms with Crippen LogP contribution >= 0.6 is 0 Å². The molecule has 2 N–H and O–H groups in total. The summed E-state index contributed by atoms with van der Waals surface area (Å²) in [5.41, 5.74) is 4.91. The van der Waals surface area contributed by atoms with E-state index in [2.05, 4.69) is 10.7 Å². The fourth-order valence-electron chi connectivity index (χ4n) is 3.66. The predicted octanol–water partition coefficient (Wildman–Crippen LogP) is 0.368. The zero-order valence-electron chi connectivity index (χ0n) is 15.9. The minimum Gasteiger partial charge on any atom is -0.325 e. The molecule has 2 heterocycles. The molecule has 156 valence electrons. The van der Waals surface area contributed by atoms with Crippen LogP contribution in [-0.2, 0) is 30.9 Å². The number of hydrogen-bond donors (Lipinski definition) is 2. The minimum absolute atomic E-state index is 0.00311. The number of rotatable bonds is 7. The first-order valence-corrected chi connectivity index (χ1v) is 13.1. The van der Waals surface area contributed by atoms with Crippen molar-refractivity contribution < 1.29 is 21.6 Å². The van der Waals surface area contributed by atoms with Crippen molar-refractivity contribution in [2.75, 3.05) is 34.9 Å². The summed E-state index contributed by atoms with van der Waals surface area (Å²) >= 11 is 0. The molecule has 1 aromatic rings. The highest BCUT2D eigenvalue weighted by molar-refractivity contribution is 7.91. The van der Waals surface area contributed by atoms with E-state index >= 15 is 0 Å². The van der Waals surface area contributed by atoms with Crippen molar-refractivity contribution in [1.82, 2.24) is 10.4 Å². The molecule has 8 nitrogen and oxygen atoms in total. The number of hydrogen-bond acceptors (Lipinski definition) is 7. The SMILES string of the molecule is CCc1cccc(NC(=O)CN(NC2CCS(=O)(=O)C2)C2CCS(=O)(=O)C2)c1. The van der Waals surface area contributed by atoms with Crippen LogP contribution in [0.2, 0.25) is 0 Å². The van der Waals surface area contributed by atoms with E-state index in [-0.39, 0.29) is 47.5 Å². The summed E-state index contributed by atoms with van der Waals surface area (Å²) in [7, 11) is -6.21. The quantitative estimate of drug-likeness (QED) is 0.602. The Hall–Kier alpha value is -1.49. The Morgan fingerprint density at radius 3 is 2.43 bits per heavy atom. The number of aryl methyl sites for hydroxylation is 1. The van der Waals surface area contributed by atoms with Crippen LogP contribution in [-0.4, -0.2) is 69.4 Å². The smallest absolute Gasteiger partial charge is 0.240 e. The molecule has 0 aliphatic carbocycles.